The van der Waals surface area contributed by atoms with Gasteiger partial charge in [-0.1, -0.05) is 23.2 Å². The number of likely N-dealkylation sites (tertiary alicyclic amines) is 1. The number of carbonyl (C=O) groups is 1. The quantitative estimate of drug-likeness (QED) is 0.891. The molecule has 0 aliphatic carbocycles. The number of hydrogen-bond acceptors (Lipinski definition) is 3. The first kappa shape index (κ1) is 16.4. The summed E-state index contributed by atoms with van der Waals surface area (Å²) in [4.78, 5) is 13.4. The Bertz CT molecular complexity index is 514. The van der Waals surface area contributed by atoms with E-state index < -0.39 is 5.97 Å². The Kier molecular flexibility index (Phi) is 5.73. The molecule has 0 radical (unpaired) electrons. The molecule has 0 bridgehead atoms. The Morgan fingerprint density at radius 1 is 1.38 bits per heavy atom. The van der Waals surface area contributed by atoms with E-state index in [1.165, 1.54) is 18.9 Å². The lowest BCUT2D eigenvalue weighted by molar-refractivity contribution is 0.0696. The standard InChI is InChI=1S/C15H19Cl2NO3/c1-18-7-4-10(5-8-18)6-9-21-12-3-2-11(16)13(14(12)17)15(19)20/h2-3,10H,4-9H2,1H3,(H,19,20). The highest BCUT2D eigenvalue weighted by atomic mass is 35.5. The van der Waals surface area contributed by atoms with Crippen molar-refractivity contribution in [3.63, 3.8) is 0 Å². The SMILES string of the molecule is CN1CCC(CCOc2ccc(Cl)c(C(=O)O)c2Cl)CC1. The van der Waals surface area contributed by atoms with Gasteiger partial charge in [-0.2, -0.15) is 0 Å². The van der Waals surface area contributed by atoms with E-state index in [1.54, 1.807) is 6.07 Å². The maximum absolute atomic E-state index is 11.1. The summed E-state index contributed by atoms with van der Waals surface area (Å²) in [6, 6.07) is 3.12. The van der Waals surface area contributed by atoms with Crippen LogP contribution in [0.1, 0.15) is 29.6 Å². The van der Waals surface area contributed by atoms with Crippen LogP contribution in [0.5, 0.6) is 5.75 Å². The molecule has 1 aliphatic rings. The fourth-order valence-corrected chi connectivity index (χ4v) is 3.11. The molecule has 1 fully saturated rings. The fourth-order valence-electron chi connectivity index (χ4n) is 2.53. The van der Waals surface area contributed by atoms with Crippen molar-refractivity contribution in [1.29, 1.82) is 0 Å². The van der Waals surface area contributed by atoms with Crippen molar-refractivity contribution in [1.82, 2.24) is 4.90 Å². The van der Waals surface area contributed by atoms with Crippen LogP contribution in [0.25, 0.3) is 0 Å². The second-order valence-electron chi connectivity index (χ2n) is 5.42. The van der Waals surface area contributed by atoms with Crippen LogP contribution >= 0.6 is 23.2 Å². The van der Waals surface area contributed by atoms with Crippen LogP contribution in [0.2, 0.25) is 10.0 Å². The van der Waals surface area contributed by atoms with Gasteiger partial charge in [0, 0.05) is 0 Å². The summed E-state index contributed by atoms with van der Waals surface area (Å²) >= 11 is 11.9. The van der Waals surface area contributed by atoms with Gasteiger partial charge in [0.1, 0.15) is 11.3 Å². The van der Waals surface area contributed by atoms with Gasteiger partial charge in [0.25, 0.3) is 0 Å². The molecular weight excluding hydrogens is 313 g/mol. The second kappa shape index (κ2) is 7.34. The molecule has 4 nitrogen and oxygen atoms in total. The van der Waals surface area contributed by atoms with Crippen molar-refractivity contribution >= 4 is 29.2 Å². The van der Waals surface area contributed by atoms with Crippen molar-refractivity contribution in [3.05, 3.63) is 27.7 Å². The van der Waals surface area contributed by atoms with Crippen LogP contribution in [0.4, 0.5) is 0 Å². The van der Waals surface area contributed by atoms with Gasteiger partial charge in [-0.3, -0.25) is 0 Å². The number of hydrogen-bond donors (Lipinski definition) is 1. The van der Waals surface area contributed by atoms with E-state index in [9.17, 15) is 4.79 Å². The normalized spacial score (nSPS) is 16.9. The zero-order chi connectivity index (χ0) is 15.4. The van der Waals surface area contributed by atoms with Crippen molar-refractivity contribution in [2.45, 2.75) is 19.3 Å². The molecule has 1 aliphatic heterocycles. The third-order valence-electron chi connectivity index (χ3n) is 3.89. The number of ether oxygens (including phenoxy) is 1. The average molecular weight is 332 g/mol. The van der Waals surface area contributed by atoms with Crippen LogP contribution in [0.15, 0.2) is 12.1 Å². The van der Waals surface area contributed by atoms with Gasteiger partial charge in [0.2, 0.25) is 0 Å². The van der Waals surface area contributed by atoms with E-state index in [2.05, 4.69) is 11.9 Å². The molecule has 21 heavy (non-hydrogen) atoms. The second-order valence-corrected chi connectivity index (χ2v) is 6.21. The molecular formula is C15H19Cl2NO3. The fraction of sp³-hybridized carbons (Fsp3) is 0.533. The van der Waals surface area contributed by atoms with Crippen molar-refractivity contribution < 1.29 is 14.6 Å². The number of carboxylic acid groups (broad SMARTS) is 1. The van der Waals surface area contributed by atoms with E-state index in [0.717, 1.165) is 19.5 Å². The highest BCUT2D eigenvalue weighted by Gasteiger charge is 2.19. The molecule has 6 heteroatoms. The molecule has 0 atom stereocenters. The summed E-state index contributed by atoms with van der Waals surface area (Å²) in [5.74, 6) is -0.108. The highest BCUT2D eigenvalue weighted by molar-refractivity contribution is 6.40. The predicted molar refractivity (Wildman–Crippen MR) is 83.8 cm³/mol. The molecule has 0 aromatic heterocycles. The smallest absolute Gasteiger partial charge is 0.338 e. The third-order valence-corrected chi connectivity index (χ3v) is 4.58. The van der Waals surface area contributed by atoms with E-state index >= 15 is 0 Å². The molecule has 1 saturated heterocycles. The number of carboxylic acids is 1. The van der Waals surface area contributed by atoms with Crippen LogP contribution in [-0.2, 0) is 0 Å². The Hall–Kier alpha value is -0.970. The van der Waals surface area contributed by atoms with Crippen molar-refractivity contribution in [2.24, 2.45) is 5.92 Å². The summed E-state index contributed by atoms with van der Waals surface area (Å²) in [6.45, 7) is 2.78. The van der Waals surface area contributed by atoms with Crippen molar-refractivity contribution in [2.75, 3.05) is 26.7 Å². The van der Waals surface area contributed by atoms with Crippen LogP contribution in [0, 0.1) is 5.92 Å². The van der Waals surface area contributed by atoms with Gasteiger partial charge in [-0.25, -0.2) is 4.79 Å². The van der Waals surface area contributed by atoms with Gasteiger partial charge in [-0.05, 0) is 57.5 Å². The minimum atomic E-state index is -1.15. The Labute approximate surface area is 134 Å². The maximum Gasteiger partial charge on any atom is 0.338 e. The van der Waals surface area contributed by atoms with Gasteiger partial charge in [0.15, 0.2) is 0 Å². The zero-order valence-electron chi connectivity index (χ0n) is 11.9. The number of halogens is 2. The number of nitrogens with zero attached hydrogens (tertiary/aromatic N) is 1. The third kappa shape index (κ3) is 4.25. The lowest BCUT2D eigenvalue weighted by Crippen LogP contribution is -2.30. The molecule has 0 saturated carbocycles. The van der Waals surface area contributed by atoms with Gasteiger partial charge in [0.05, 0.1) is 16.7 Å². The monoisotopic (exact) mass is 331 g/mol. The van der Waals surface area contributed by atoms with E-state index in [0.29, 0.717) is 18.3 Å². The summed E-state index contributed by atoms with van der Waals surface area (Å²) in [5, 5.41) is 9.28. The first-order valence-corrected chi connectivity index (χ1v) is 7.77. The number of piperidine rings is 1. The first-order chi connectivity index (χ1) is 9.99. The molecule has 0 unspecified atom stereocenters. The summed E-state index contributed by atoms with van der Waals surface area (Å²) < 4.78 is 5.64. The molecule has 1 aromatic rings. The minimum absolute atomic E-state index is 0.0679. The summed E-state index contributed by atoms with van der Waals surface area (Å²) in [6.07, 6.45) is 3.30. The Balaban J connectivity index is 1.92. The van der Waals surface area contributed by atoms with Gasteiger partial charge in [-0.15, -0.1) is 0 Å². The molecule has 1 N–H and O–H groups in total. The molecule has 116 valence electrons. The highest BCUT2D eigenvalue weighted by Crippen LogP contribution is 2.33. The number of benzene rings is 1. The molecule has 2 rings (SSSR count). The zero-order valence-corrected chi connectivity index (χ0v) is 13.5. The molecule has 1 heterocycles. The predicted octanol–water partition coefficient (Wildman–Crippen LogP) is 3.80. The topological polar surface area (TPSA) is 49.8 Å². The van der Waals surface area contributed by atoms with E-state index in [4.69, 9.17) is 33.0 Å². The number of rotatable bonds is 5. The van der Waals surface area contributed by atoms with Crippen molar-refractivity contribution in [3.8, 4) is 5.75 Å². The molecule has 1 aromatic carbocycles. The van der Waals surface area contributed by atoms with Crippen LogP contribution in [-0.4, -0.2) is 42.7 Å². The summed E-state index contributed by atoms with van der Waals surface area (Å²) in [7, 11) is 2.13. The molecule has 0 spiro atoms. The van der Waals surface area contributed by atoms with Gasteiger partial charge < -0.3 is 14.7 Å². The average Bonchev–Trinajstić information content (AvgIpc) is 2.43. The molecule has 0 amide bonds. The summed E-state index contributed by atoms with van der Waals surface area (Å²) in [5.41, 5.74) is -0.102. The lowest BCUT2D eigenvalue weighted by atomic mass is 9.94. The van der Waals surface area contributed by atoms with Crippen LogP contribution < -0.4 is 4.74 Å². The number of aromatic carboxylic acids is 1. The Morgan fingerprint density at radius 3 is 2.67 bits per heavy atom. The lowest BCUT2D eigenvalue weighted by Gasteiger charge is -2.28. The minimum Gasteiger partial charge on any atom is -0.492 e. The van der Waals surface area contributed by atoms with Crippen LogP contribution in [0.3, 0.4) is 0 Å². The Morgan fingerprint density at radius 2 is 2.05 bits per heavy atom. The van der Waals surface area contributed by atoms with E-state index in [1.807, 2.05) is 0 Å². The van der Waals surface area contributed by atoms with Gasteiger partial charge >= 0.3 is 5.97 Å². The largest absolute Gasteiger partial charge is 0.492 e. The maximum atomic E-state index is 11.1. The van der Waals surface area contributed by atoms with E-state index in [-0.39, 0.29) is 15.6 Å². The first-order valence-electron chi connectivity index (χ1n) is 7.01.